The van der Waals surface area contributed by atoms with Crippen LogP contribution in [0.15, 0.2) is 0 Å². The van der Waals surface area contributed by atoms with Gasteiger partial charge in [-0.3, -0.25) is 14.5 Å². The number of carbonyl (C=O) groups excluding carboxylic acids is 2. The van der Waals surface area contributed by atoms with Gasteiger partial charge in [0.2, 0.25) is 11.8 Å². The van der Waals surface area contributed by atoms with Gasteiger partial charge in [0.25, 0.3) is 0 Å². The van der Waals surface area contributed by atoms with Gasteiger partial charge in [0.05, 0.1) is 6.61 Å². The first-order valence-corrected chi connectivity index (χ1v) is 27.8. The highest BCUT2D eigenvalue weighted by atomic mass is 16.3. The summed E-state index contributed by atoms with van der Waals surface area (Å²) in [4.78, 5) is 28.5. The molecule has 0 saturated heterocycles. The smallest absolute Gasteiger partial charge is 0.220 e. The lowest BCUT2D eigenvalue weighted by atomic mass is 9.90. The summed E-state index contributed by atoms with van der Waals surface area (Å²) in [6.07, 6.45) is 49.9. The molecule has 61 heavy (non-hydrogen) atoms. The molecule has 2 amide bonds. The summed E-state index contributed by atoms with van der Waals surface area (Å²) in [6, 6.07) is 0.641. The molecule has 0 aromatic carbocycles. The molecule has 0 aliphatic heterocycles. The highest BCUT2D eigenvalue weighted by Gasteiger charge is 2.22. The lowest BCUT2D eigenvalue weighted by molar-refractivity contribution is -0.122. The molecule has 1 rings (SSSR count). The molecule has 6 nitrogen and oxygen atoms in total. The van der Waals surface area contributed by atoms with Crippen LogP contribution in [0.2, 0.25) is 0 Å². The number of rotatable bonds is 46. The Morgan fingerprint density at radius 1 is 0.443 bits per heavy atom. The monoisotopic (exact) mass is 860 g/mol. The minimum Gasteiger partial charge on any atom is -0.395 e. The van der Waals surface area contributed by atoms with Gasteiger partial charge in [-0.2, -0.15) is 0 Å². The van der Waals surface area contributed by atoms with Crippen molar-refractivity contribution in [1.82, 2.24) is 15.5 Å². The molecule has 362 valence electrons. The van der Waals surface area contributed by atoms with E-state index >= 15 is 0 Å². The standard InChI is InChI=1S/C55H109N3O3/c1-5-9-13-17-19-26-38-51(36-24-15-11-7-3)48-56-54(60)42-32-21-28-34-50(44-45-58(46-47-59)53-40-30-23-31-41-53)35-29-22-33-43-55(61)57-49-52(37-25-16-12-8-4)39-27-20-18-14-10-6-2/h50-53,59H,5-49H2,1-4H3,(H,56,60)(H,57,61). The molecule has 1 saturated carbocycles. The summed E-state index contributed by atoms with van der Waals surface area (Å²) in [7, 11) is 0. The molecular formula is C55H109N3O3. The Kier molecular flexibility index (Phi) is 41.8. The van der Waals surface area contributed by atoms with E-state index in [0.29, 0.717) is 36.6 Å². The molecule has 3 N–H and O–H groups in total. The van der Waals surface area contributed by atoms with Gasteiger partial charge in [0.1, 0.15) is 0 Å². The van der Waals surface area contributed by atoms with E-state index in [1.807, 2.05) is 0 Å². The van der Waals surface area contributed by atoms with E-state index in [1.54, 1.807) is 0 Å². The van der Waals surface area contributed by atoms with Gasteiger partial charge in [-0.05, 0) is 82.1 Å². The van der Waals surface area contributed by atoms with Crippen LogP contribution in [0.4, 0.5) is 0 Å². The van der Waals surface area contributed by atoms with Crippen LogP contribution in [0.1, 0.15) is 285 Å². The Morgan fingerprint density at radius 3 is 1.18 bits per heavy atom. The maximum absolute atomic E-state index is 13.0. The number of hydrogen-bond donors (Lipinski definition) is 3. The Balaban J connectivity index is 2.54. The zero-order chi connectivity index (χ0) is 44.3. The molecule has 1 aliphatic carbocycles. The number of nitrogens with zero attached hydrogens (tertiary/aromatic N) is 1. The highest BCUT2D eigenvalue weighted by Crippen LogP contribution is 2.27. The van der Waals surface area contributed by atoms with Crippen molar-refractivity contribution in [3.8, 4) is 0 Å². The number of nitrogens with one attached hydrogen (secondary N) is 2. The van der Waals surface area contributed by atoms with Gasteiger partial charge < -0.3 is 15.7 Å². The molecule has 1 fully saturated rings. The summed E-state index contributed by atoms with van der Waals surface area (Å²) in [6.45, 7) is 13.0. The molecule has 0 aromatic heterocycles. The third-order valence-corrected chi connectivity index (χ3v) is 14.4. The largest absolute Gasteiger partial charge is 0.395 e. The van der Waals surface area contributed by atoms with E-state index in [9.17, 15) is 14.7 Å². The summed E-state index contributed by atoms with van der Waals surface area (Å²) in [5.74, 6) is 2.47. The Hall–Kier alpha value is -1.14. The van der Waals surface area contributed by atoms with E-state index in [2.05, 4.69) is 43.2 Å². The number of aliphatic hydroxyl groups is 1. The second kappa shape index (κ2) is 44.1. The third-order valence-electron chi connectivity index (χ3n) is 14.4. The lowest BCUT2D eigenvalue weighted by Crippen LogP contribution is -2.40. The maximum atomic E-state index is 13.0. The molecule has 0 radical (unpaired) electrons. The fourth-order valence-corrected chi connectivity index (χ4v) is 10.2. The Bertz CT molecular complexity index is 881. The number of hydrogen-bond acceptors (Lipinski definition) is 4. The van der Waals surface area contributed by atoms with Gasteiger partial charge in [-0.25, -0.2) is 0 Å². The van der Waals surface area contributed by atoms with Gasteiger partial charge in [-0.15, -0.1) is 0 Å². The second-order valence-electron chi connectivity index (χ2n) is 20.1. The first-order chi connectivity index (χ1) is 30.0. The molecular weight excluding hydrogens is 751 g/mol. The topological polar surface area (TPSA) is 81.7 Å². The second-order valence-corrected chi connectivity index (χ2v) is 20.1. The minimum atomic E-state index is 0.253. The van der Waals surface area contributed by atoms with E-state index in [1.165, 1.54) is 218 Å². The van der Waals surface area contributed by atoms with Crippen molar-refractivity contribution in [3.63, 3.8) is 0 Å². The van der Waals surface area contributed by atoms with Crippen molar-refractivity contribution in [3.05, 3.63) is 0 Å². The van der Waals surface area contributed by atoms with Crippen LogP contribution in [0.3, 0.4) is 0 Å². The number of carbonyl (C=O) groups is 2. The molecule has 2 atom stereocenters. The van der Waals surface area contributed by atoms with Gasteiger partial charge >= 0.3 is 0 Å². The Labute approximate surface area is 381 Å². The van der Waals surface area contributed by atoms with Gasteiger partial charge in [0.15, 0.2) is 0 Å². The maximum Gasteiger partial charge on any atom is 0.220 e. The van der Waals surface area contributed by atoms with Crippen molar-refractivity contribution in [1.29, 1.82) is 0 Å². The van der Waals surface area contributed by atoms with E-state index in [-0.39, 0.29) is 18.4 Å². The molecule has 6 heteroatoms. The van der Waals surface area contributed by atoms with Crippen LogP contribution in [-0.2, 0) is 9.59 Å². The SMILES string of the molecule is CCCCCCCCC(CCCCCC)CNC(=O)CCCCCC(CCCCCC(=O)NCC(CCCCCC)CCCCCCCC)CCN(CCO)C1CCCCC1. The van der Waals surface area contributed by atoms with E-state index in [4.69, 9.17) is 0 Å². The average molecular weight is 860 g/mol. The van der Waals surface area contributed by atoms with Crippen molar-refractivity contribution in [2.24, 2.45) is 17.8 Å². The van der Waals surface area contributed by atoms with Gasteiger partial charge in [0, 0.05) is 38.5 Å². The van der Waals surface area contributed by atoms with Crippen molar-refractivity contribution in [2.75, 3.05) is 32.8 Å². The van der Waals surface area contributed by atoms with Crippen LogP contribution in [0, 0.1) is 17.8 Å². The molecule has 0 spiro atoms. The molecule has 1 aliphatic rings. The fraction of sp³-hybridized carbons (Fsp3) is 0.964. The van der Waals surface area contributed by atoms with Crippen molar-refractivity contribution < 1.29 is 14.7 Å². The van der Waals surface area contributed by atoms with Crippen LogP contribution in [0.25, 0.3) is 0 Å². The zero-order valence-electron chi connectivity index (χ0n) is 41.8. The van der Waals surface area contributed by atoms with Crippen LogP contribution < -0.4 is 10.6 Å². The molecule has 0 bridgehead atoms. The van der Waals surface area contributed by atoms with Crippen LogP contribution in [-0.4, -0.2) is 60.6 Å². The predicted octanol–water partition coefficient (Wildman–Crippen LogP) is 15.4. The summed E-state index contributed by atoms with van der Waals surface area (Å²) in [5.41, 5.74) is 0. The number of aliphatic hydroxyl groups excluding tert-OH is 1. The number of unbranched alkanes of at least 4 members (excludes halogenated alkanes) is 20. The molecule has 0 aromatic rings. The van der Waals surface area contributed by atoms with Crippen molar-refractivity contribution >= 4 is 11.8 Å². The van der Waals surface area contributed by atoms with E-state index < -0.39 is 0 Å². The molecule has 0 heterocycles. The van der Waals surface area contributed by atoms with Crippen LogP contribution in [0.5, 0.6) is 0 Å². The van der Waals surface area contributed by atoms with Gasteiger partial charge in [-0.1, -0.05) is 214 Å². The lowest BCUT2D eigenvalue weighted by Gasteiger charge is -2.35. The quantitative estimate of drug-likeness (QED) is 0.0533. The minimum absolute atomic E-state index is 0.253. The first-order valence-electron chi connectivity index (χ1n) is 27.8. The summed E-state index contributed by atoms with van der Waals surface area (Å²) < 4.78 is 0. The predicted molar refractivity (Wildman–Crippen MR) is 266 cm³/mol. The normalized spacial score (nSPS) is 15.0. The highest BCUT2D eigenvalue weighted by molar-refractivity contribution is 5.76. The van der Waals surface area contributed by atoms with Crippen LogP contribution >= 0.6 is 0 Å². The van der Waals surface area contributed by atoms with Crippen molar-refractivity contribution in [2.45, 2.75) is 291 Å². The number of amides is 2. The third kappa shape index (κ3) is 35.8. The van der Waals surface area contributed by atoms with E-state index in [0.717, 1.165) is 51.9 Å². The first kappa shape index (κ1) is 57.9. The fourth-order valence-electron chi connectivity index (χ4n) is 10.2. The summed E-state index contributed by atoms with van der Waals surface area (Å²) in [5, 5.41) is 16.6. The average Bonchev–Trinajstić information content (AvgIpc) is 3.27. The Morgan fingerprint density at radius 2 is 0.787 bits per heavy atom. The summed E-state index contributed by atoms with van der Waals surface area (Å²) >= 11 is 0. The molecule has 2 unspecified atom stereocenters. The zero-order valence-corrected chi connectivity index (χ0v) is 41.8.